The number of hydrogen-bond acceptors (Lipinski definition) is 4. The van der Waals surface area contributed by atoms with Crippen molar-refractivity contribution in [3.8, 4) is 5.69 Å². The molecule has 1 saturated carbocycles. The lowest BCUT2D eigenvalue weighted by Crippen LogP contribution is -2.57. The normalized spacial score (nSPS) is 18.5. The number of benzene rings is 1. The minimum atomic E-state index is -1.02. The molecule has 1 saturated heterocycles. The van der Waals surface area contributed by atoms with E-state index in [-0.39, 0.29) is 17.2 Å². The van der Waals surface area contributed by atoms with Gasteiger partial charge in [0, 0.05) is 23.1 Å². The minimum Gasteiger partial charge on any atom is -0.478 e. The summed E-state index contributed by atoms with van der Waals surface area (Å²) < 4.78 is 1.90. The summed E-state index contributed by atoms with van der Waals surface area (Å²) in [7, 11) is 0. The van der Waals surface area contributed by atoms with E-state index in [9.17, 15) is 24.3 Å². The average Bonchev–Trinajstić information content (AvgIpc) is 3.34. The van der Waals surface area contributed by atoms with Crippen LogP contribution in [0, 0.1) is 20.8 Å². The quantitative estimate of drug-likeness (QED) is 0.564. The van der Waals surface area contributed by atoms with Crippen LogP contribution in [0.2, 0.25) is 0 Å². The molecule has 1 aliphatic heterocycles. The lowest BCUT2D eigenvalue weighted by molar-refractivity contribution is -0.131. The first-order valence-corrected chi connectivity index (χ1v) is 10.6. The SMILES string of the molecule is Cc1ccc(C(=O)O)cc1-n1c(C)cc(/C=C2\C(=O)NC(=O)N(C3CCCC3)C2=O)c1C. The first-order valence-electron chi connectivity index (χ1n) is 10.6. The number of hydrogen-bond donors (Lipinski definition) is 2. The Balaban J connectivity index is 1.76. The van der Waals surface area contributed by atoms with Gasteiger partial charge in [-0.2, -0.15) is 0 Å². The van der Waals surface area contributed by atoms with Crippen LogP contribution >= 0.6 is 0 Å². The largest absolute Gasteiger partial charge is 0.478 e. The third-order valence-corrected chi connectivity index (χ3v) is 6.29. The molecular formula is C24H25N3O5. The van der Waals surface area contributed by atoms with Gasteiger partial charge in [-0.05, 0) is 69.0 Å². The molecule has 2 aliphatic rings. The number of amides is 4. The molecule has 2 heterocycles. The Morgan fingerprint density at radius 1 is 1.09 bits per heavy atom. The lowest BCUT2D eigenvalue weighted by atomic mass is 10.1. The molecule has 0 spiro atoms. The van der Waals surface area contributed by atoms with Crippen LogP contribution in [-0.2, 0) is 9.59 Å². The van der Waals surface area contributed by atoms with Gasteiger partial charge in [-0.3, -0.25) is 19.8 Å². The predicted molar refractivity (Wildman–Crippen MR) is 118 cm³/mol. The average molecular weight is 435 g/mol. The maximum atomic E-state index is 13.1. The van der Waals surface area contributed by atoms with Crippen molar-refractivity contribution in [2.75, 3.05) is 0 Å². The number of carboxylic acids is 1. The number of rotatable bonds is 4. The van der Waals surface area contributed by atoms with E-state index in [1.807, 2.05) is 31.4 Å². The summed E-state index contributed by atoms with van der Waals surface area (Å²) in [5.74, 6) is -2.29. The van der Waals surface area contributed by atoms with Crippen molar-refractivity contribution in [1.29, 1.82) is 0 Å². The van der Waals surface area contributed by atoms with Crippen LogP contribution in [0.25, 0.3) is 11.8 Å². The van der Waals surface area contributed by atoms with Gasteiger partial charge in [0.25, 0.3) is 11.8 Å². The molecule has 8 heteroatoms. The van der Waals surface area contributed by atoms with E-state index in [4.69, 9.17) is 0 Å². The molecule has 1 aromatic heterocycles. The van der Waals surface area contributed by atoms with Gasteiger partial charge in [0.2, 0.25) is 0 Å². The van der Waals surface area contributed by atoms with Gasteiger partial charge in [0.15, 0.2) is 0 Å². The number of urea groups is 1. The molecule has 0 radical (unpaired) electrons. The fourth-order valence-electron chi connectivity index (χ4n) is 4.61. The highest BCUT2D eigenvalue weighted by Crippen LogP contribution is 2.29. The number of carbonyl (C=O) groups is 4. The Kier molecular flexibility index (Phi) is 5.46. The van der Waals surface area contributed by atoms with Crippen molar-refractivity contribution in [2.24, 2.45) is 0 Å². The number of nitrogens with zero attached hydrogens (tertiary/aromatic N) is 2. The second-order valence-corrected chi connectivity index (χ2v) is 8.40. The third kappa shape index (κ3) is 3.62. The highest BCUT2D eigenvalue weighted by atomic mass is 16.4. The Labute approximate surface area is 185 Å². The van der Waals surface area contributed by atoms with Gasteiger partial charge in [0.1, 0.15) is 5.57 Å². The molecular weight excluding hydrogens is 410 g/mol. The molecule has 1 aliphatic carbocycles. The standard InChI is InChI=1S/C24H25N3O5/c1-13-8-9-16(23(30)31)12-20(13)26-14(2)10-17(15(26)3)11-19-21(28)25-24(32)27(22(19)29)18-6-4-5-7-18/h8-12,18H,4-7H2,1-3H3,(H,30,31)(H,25,28,32)/b19-11+. The zero-order valence-corrected chi connectivity index (χ0v) is 18.3. The van der Waals surface area contributed by atoms with Crippen molar-refractivity contribution in [2.45, 2.75) is 52.5 Å². The van der Waals surface area contributed by atoms with Gasteiger partial charge in [0.05, 0.1) is 5.56 Å². The number of barbiturate groups is 1. The van der Waals surface area contributed by atoms with Crippen LogP contribution in [-0.4, -0.2) is 44.4 Å². The van der Waals surface area contributed by atoms with E-state index in [1.165, 1.54) is 11.0 Å². The van der Waals surface area contributed by atoms with Crippen molar-refractivity contribution in [1.82, 2.24) is 14.8 Å². The van der Waals surface area contributed by atoms with Crippen LogP contribution in [0.15, 0.2) is 29.8 Å². The highest BCUT2D eigenvalue weighted by Gasteiger charge is 2.40. The molecule has 8 nitrogen and oxygen atoms in total. The molecule has 0 bridgehead atoms. The Bertz CT molecular complexity index is 1180. The zero-order valence-electron chi connectivity index (χ0n) is 18.3. The second kappa shape index (κ2) is 8.11. The second-order valence-electron chi connectivity index (χ2n) is 8.40. The molecule has 32 heavy (non-hydrogen) atoms. The molecule has 1 aromatic carbocycles. The van der Waals surface area contributed by atoms with Crippen LogP contribution in [0.3, 0.4) is 0 Å². The minimum absolute atomic E-state index is 0.0761. The predicted octanol–water partition coefficient (Wildman–Crippen LogP) is 3.51. The van der Waals surface area contributed by atoms with Crippen LogP contribution in [0.1, 0.15) is 58.6 Å². The van der Waals surface area contributed by atoms with Gasteiger partial charge in [-0.1, -0.05) is 18.9 Å². The van der Waals surface area contributed by atoms with Crippen molar-refractivity contribution in [3.63, 3.8) is 0 Å². The van der Waals surface area contributed by atoms with E-state index in [2.05, 4.69) is 5.32 Å². The molecule has 2 fully saturated rings. The van der Waals surface area contributed by atoms with Gasteiger partial charge in [-0.25, -0.2) is 9.59 Å². The maximum Gasteiger partial charge on any atom is 0.335 e. The van der Waals surface area contributed by atoms with E-state index < -0.39 is 23.8 Å². The molecule has 166 valence electrons. The fraction of sp³-hybridized carbons (Fsp3) is 0.333. The zero-order chi connectivity index (χ0) is 23.2. The van der Waals surface area contributed by atoms with E-state index in [1.54, 1.807) is 18.2 Å². The number of imide groups is 2. The van der Waals surface area contributed by atoms with E-state index >= 15 is 0 Å². The summed E-state index contributed by atoms with van der Waals surface area (Å²) in [5.41, 5.74) is 3.94. The summed E-state index contributed by atoms with van der Waals surface area (Å²) >= 11 is 0. The lowest BCUT2D eigenvalue weighted by Gasteiger charge is -2.31. The summed E-state index contributed by atoms with van der Waals surface area (Å²) in [5, 5.41) is 11.7. The Morgan fingerprint density at radius 2 is 1.78 bits per heavy atom. The number of aromatic nitrogens is 1. The van der Waals surface area contributed by atoms with E-state index in [0.717, 1.165) is 42.6 Å². The highest BCUT2D eigenvalue weighted by molar-refractivity contribution is 6.31. The molecule has 0 atom stereocenters. The number of carbonyl (C=O) groups excluding carboxylic acids is 3. The van der Waals surface area contributed by atoms with E-state index in [0.29, 0.717) is 11.3 Å². The summed E-state index contributed by atoms with van der Waals surface area (Å²) in [6.45, 7) is 5.61. The molecule has 2 aromatic rings. The first kappa shape index (κ1) is 21.5. The summed E-state index contributed by atoms with van der Waals surface area (Å²) in [4.78, 5) is 50.5. The van der Waals surface area contributed by atoms with Crippen molar-refractivity contribution >= 4 is 29.9 Å². The topological polar surface area (TPSA) is 109 Å². The van der Waals surface area contributed by atoms with Gasteiger partial charge < -0.3 is 9.67 Å². The van der Waals surface area contributed by atoms with Crippen LogP contribution in [0.5, 0.6) is 0 Å². The summed E-state index contributed by atoms with van der Waals surface area (Å²) in [6, 6.07) is 5.90. The van der Waals surface area contributed by atoms with Crippen molar-refractivity contribution < 1.29 is 24.3 Å². The smallest absolute Gasteiger partial charge is 0.335 e. The van der Waals surface area contributed by atoms with Crippen LogP contribution < -0.4 is 5.32 Å². The number of aromatic carboxylic acids is 1. The third-order valence-electron chi connectivity index (χ3n) is 6.29. The molecule has 2 N–H and O–H groups in total. The Hall–Kier alpha value is -3.68. The maximum absolute atomic E-state index is 13.1. The number of nitrogens with one attached hydrogen (secondary N) is 1. The van der Waals surface area contributed by atoms with Gasteiger partial charge in [-0.15, -0.1) is 0 Å². The van der Waals surface area contributed by atoms with Crippen LogP contribution in [0.4, 0.5) is 4.79 Å². The first-order chi connectivity index (χ1) is 15.2. The molecule has 0 unspecified atom stereocenters. The fourth-order valence-corrected chi connectivity index (χ4v) is 4.61. The van der Waals surface area contributed by atoms with Gasteiger partial charge >= 0.3 is 12.0 Å². The molecule has 4 amide bonds. The van der Waals surface area contributed by atoms with Crippen molar-refractivity contribution in [3.05, 3.63) is 57.9 Å². The number of aryl methyl sites for hydroxylation is 2. The Morgan fingerprint density at radius 3 is 2.44 bits per heavy atom. The molecule has 4 rings (SSSR count). The monoisotopic (exact) mass is 435 g/mol. The summed E-state index contributed by atoms with van der Waals surface area (Å²) in [6.07, 6.45) is 4.90. The number of carboxylic acid groups (broad SMARTS) is 1.